The Labute approximate surface area is 74.4 Å². The zero-order valence-electron chi connectivity index (χ0n) is 7.76. The largest absolute Gasteiger partial charge is 0.493 e. The molecule has 0 atom stereocenters. The van der Waals surface area contributed by atoms with E-state index in [2.05, 4.69) is 32.9 Å². The molecular formula is C11H15O. The van der Waals surface area contributed by atoms with Crippen LogP contribution in [-0.2, 0) is 0 Å². The van der Waals surface area contributed by atoms with E-state index in [1.54, 1.807) is 0 Å². The van der Waals surface area contributed by atoms with Crippen molar-refractivity contribution >= 4 is 0 Å². The molecule has 1 heteroatoms. The van der Waals surface area contributed by atoms with E-state index in [4.69, 9.17) is 4.74 Å². The lowest BCUT2D eigenvalue weighted by atomic mass is 10.1. The summed E-state index contributed by atoms with van der Waals surface area (Å²) in [7, 11) is 0. The van der Waals surface area contributed by atoms with Gasteiger partial charge in [0.15, 0.2) is 0 Å². The van der Waals surface area contributed by atoms with Crippen molar-refractivity contribution in [1.29, 1.82) is 0 Å². The molecular weight excluding hydrogens is 148 g/mol. The van der Waals surface area contributed by atoms with Crippen LogP contribution >= 0.6 is 0 Å². The zero-order chi connectivity index (χ0) is 8.97. The molecule has 0 aliphatic rings. The second kappa shape index (κ2) is 4.15. The van der Waals surface area contributed by atoms with Crippen LogP contribution in [0.5, 0.6) is 5.75 Å². The summed E-state index contributed by atoms with van der Waals surface area (Å²) in [5.41, 5.74) is 2.47. The van der Waals surface area contributed by atoms with Gasteiger partial charge < -0.3 is 4.74 Å². The molecule has 0 fully saturated rings. The standard InChI is InChI=1S/C11H15O/c1-4-7-12-11-6-5-9(2)8-10(11)3/h5-6,8H,1,4,7H2,2-3H3. The van der Waals surface area contributed by atoms with Gasteiger partial charge in [0.2, 0.25) is 0 Å². The van der Waals surface area contributed by atoms with Gasteiger partial charge >= 0.3 is 0 Å². The van der Waals surface area contributed by atoms with E-state index >= 15 is 0 Å². The molecule has 0 heterocycles. The summed E-state index contributed by atoms with van der Waals surface area (Å²) in [6, 6.07) is 6.20. The van der Waals surface area contributed by atoms with Crippen LogP contribution in [0.3, 0.4) is 0 Å². The van der Waals surface area contributed by atoms with Crippen LogP contribution in [0.25, 0.3) is 0 Å². The summed E-state index contributed by atoms with van der Waals surface area (Å²) in [6.45, 7) is 8.56. The Balaban J connectivity index is 2.72. The number of hydrogen-bond acceptors (Lipinski definition) is 1. The molecule has 0 aromatic heterocycles. The summed E-state index contributed by atoms with van der Waals surface area (Å²) in [5, 5.41) is 0. The molecule has 0 aliphatic heterocycles. The molecule has 1 radical (unpaired) electrons. The third-order valence-corrected chi connectivity index (χ3v) is 1.73. The van der Waals surface area contributed by atoms with Gasteiger partial charge in [0.1, 0.15) is 5.75 Å². The Hall–Kier alpha value is -0.980. The molecule has 0 bridgehead atoms. The first-order valence-corrected chi connectivity index (χ1v) is 4.23. The third kappa shape index (κ3) is 2.26. The number of rotatable bonds is 3. The molecule has 0 saturated heterocycles. The monoisotopic (exact) mass is 163 g/mol. The fourth-order valence-electron chi connectivity index (χ4n) is 1.14. The van der Waals surface area contributed by atoms with E-state index in [0.717, 1.165) is 12.2 Å². The number of ether oxygens (including phenoxy) is 1. The molecule has 1 nitrogen and oxygen atoms in total. The van der Waals surface area contributed by atoms with E-state index < -0.39 is 0 Å². The lowest BCUT2D eigenvalue weighted by molar-refractivity contribution is 0.322. The lowest BCUT2D eigenvalue weighted by Crippen LogP contribution is -1.96. The Morgan fingerprint density at radius 1 is 1.33 bits per heavy atom. The zero-order valence-corrected chi connectivity index (χ0v) is 7.76. The van der Waals surface area contributed by atoms with Crippen LogP contribution in [0, 0.1) is 20.8 Å². The maximum atomic E-state index is 5.48. The smallest absolute Gasteiger partial charge is 0.122 e. The van der Waals surface area contributed by atoms with Crippen molar-refractivity contribution in [3.05, 3.63) is 36.2 Å². The molecule has 0 spiro atoms. The van der Waals surface area contributed by atoms with Gasteiger partial charge in [0.05, 0.1) is 6.61 Å². The van der Waals surface area contributed by atoms with E-state index in [1.807, 2.05) is 6.07 Å². The topological polar surface area (TPSA) is 9.23 Å². The van der Waals surface area contributed by atoms with Gasteiger partial charge in [-0.1, -0.05) is 17.7 Å². The SMILES string of the molecule is [CH2]CCOc1ccc(C)cc1C. The molecule has 0 unspecified atom stereocenters. The van der Waals surface area contributed by atoms with Gasteiger partial charge in [-0.2, -0.15) is 0 Å². The first-order chi connectivity index (χ1) is 5.74. The van der Waals surface area contributed by atoms with Gasteiger partial charge in [0.25, 0.3) is 0 Å². The second-order valence-electron chi connectivity index (χ2n) is 2.97. The van der Waals surface area contributed by atoms with Crippen molar-refractivity contribution < 1.29 is 4.74 Å². The summed E-state index contributed by atoms with van der Waals surface area (Å²) in [4.78, 5) is 0. The van der Waals surface area contributed by atoms with E-state index in [1.165, 1.54) is 11.1 Å². The molecule has 1 aromatic carbocycles. The second-order valence-corrected chi connectivity index (χ2v) is 2.97. The van der Waals surface area contributed by atoms with Crippen molar-refractivity contribution in [2.75, 3.05) is 6.61 Å². The molecule has 0 saturated carbocycles. The number of benzene rings is 1. The normalized spacial score (nSPS) is 9.92. The summed E-state index contributed by atoms with van der Waals surface area (Å²) in [5.74, 6) is 0.976. The average Bonchev–Trinajstić information content (AvgIpc) is 2.03. The third-order valence-electron chi connectivity index (χ3n) is 1.73. The van der Waals surface area contributed by atoms with Gasteiger partial charge in [-0.15, -0.1) is 0 Å². The average molecular weight is 163 g/mol. The minimum absolute atomic E-state index is 0.698. The highest BCUT2D eigenvalue weighted by Crippen LogP contribution is 2.18. The fraction of sp³-hybridized carbons (Fsp3) is 0.364. The van der Waals surface area contributed by atoms with Crippen LogP contribution < -0.4 is 4.74 Å². The summed E-state index contributed by atoms with van der Waals surface area (Å²) < 4.78 is 5.48. The predicted octanol–water partition coefficient (Wildman–Crippen LogP) is 2.91. The van der Waals surface area contributed by atoms with Crippen molar-refractivity contribution in [3.8, 4) is 5.75 Å². The molecule has 1 rings (SSSR count). The van der Waals surface area contributed by atoms with E-state index in [-0.39, 0.29) is 0 Å². The van der Waals surface area contributed by atoms with Crippen molar-refractivity contribution in [3.63, 3.8) is 0 Å². The number of hydrogen-bond donors (Lipinski definition) is 0. The van der Waals surface area contributed by atoms with Crippen LogP contribution in [0.1, 0.15) is 17.5 Å². The van der Waals surface area contributed by atoms with Crippen LogP contribution in [0.2, 0.25) is 0 Å². The molecule has 65 valence electrons. The van der Waals surface area contributed by atoms with E-state index in [0.29, 0.717) is 6.61 Å². The Kier molecular flexibility index (Phi) is 3.15. The predicted molar refractivity (Wildman–Crippen MR) is 51.4 cm³/mol. The van der Waals surface area contributed by atoms with Crippen LogP contribution in [0.15, 0.2) is 18.2 Å². The maximum absolute atomic E-state index is 5.48. The van der Waals surface area contributed by atoms with Gasteiger partial charge in [-0.05, 0) is 38.8 Å². The molecule has 0 N–H and O–H groups in total. The Morgan fingerprint density at radius 3 is 2.67 bits per heavy atom. The highest BCUT2D eigenvalue weighted by molar-refractivity contribution is 5.35. The highest BCUT2D eigenvalue weighted by atomic mass is 16.5. The van der Waals surface area contributed by atoms with Crippen molar-refractivity contribution in [2.24, 2.45) is 0 Å². The van der Waals surface area contributed by atoms with Gasteiger partial charge in [-0.3, -0.25) is 0 Å². The number of aryl methyl sites for hydroxylation is 2. The first-order valence-electron chi connectivity index (χ1n) is 4.23. The Morgan fingerprint density at radius 2 is 2.08 bits per heavy atom. The molecule has 0 aliphatic carbocycles. The van der Waals surface area contributed by atoms with Gasteiger partial charge in [-0.25, -0.2) is 0 Å². The van der Waals surface area contributed by atoms with Crippen LogP contribution in [-0.4, -0.2) is 6.61 Å². The Bertz CT molecular complexity index is 253. The highest BCUT2D eigenvalue weighted by Gasteiger charge is 1.97. The fourth-order valence-corrected chi connectivity index (χ4v) is 1.14. The quantitative estimate of drug-likeness (QED) is 0.665. The minimum Gasteiger partial charge on any atom is -0.493 e. The lowest BCUT2D eigenvalue weighted by Gasteiger charge is -2.07. The molecule has 12 heavy (non-hydrogen) atoms. The molecule has 0 amide bonds. The van der Waals surface area contributed by atoms with Gasteiger partial charge in [0, 0.05) is 0 Å². The van der Waals surface area contributed by atoms with E-state index in [9.17, 15) is 0 Å². The first kappa shape index (κ1) is 9.11. The maximum Gasteiger partial charge on any atom is 0.122 e. The van der Waals surface area contributed by atoms with Crippen LogP contribution in [0.4, 0.5) is 0 Å². The van der Waals surface area contributed by atoms with Crippen molar-refractivity contribution in [2.45, 2.75) is 20.3 Å². The summed E-state index contributed by atoms with van der Waals surface area (Å²) >= 11 is 0. The summed E-state index contributed by atoms with van der Waals surface area (Å²) in [6.07, 6.45) is 0.813. The minimum atomic E-state index is 0.698. The van der Waals surface area contributed by atoms with Crippen molar-refractivity contribution in [1.82, 2.24) is 0 Å². The molecule has 1 aromatic rings.